The number of nitrogens with one attached hydrogen (secondary N) is 2. The molecular formula is C21H25IN4O3. The van der Waals surface area contributed by atoms with Crippen molar-refractivity contribution in [3.8, 4) is 17.4 Å². The maximum atomic E-state index is 5.74. The number of guanidine groups is 1. The van der Waals surface area contributed by atoms with E-state index in [0.29, 0.717) is 24.7 Å². The van der Waals surface area contributed by atoms with Crippen LogP contribution in [0.2, 0.25) is 0 Å². The van der Waals surface area contributed by atoms with Crippen LogP contribution in [-0.2, 0) is 13.1 Å². The van der Waals surface area contributed by atoms with E-state index in [4.69, 9.17) is 13.9 Å². The van der Waals surface area contributed by atoms with Crippen molar-refractivity contribution in [1.29, 1.82) is 0 Å². The summed E-state index contributed by atoms with van der Waals surface area (Å²) >= 11 is 0. The van der Waals surface area contributed by atoms with Gasteiger partial charge in [-0.2, -0.15) is 0 Å². The SMILES string of the molecule is CCNC(=NCc1ccc(Oc2ccc(OC)cc2)nc1)NCc1ccco1.I. The number of nitrogens with zero attached hydrogens (tertiary/aromatic N) is 2. The lowest BCUT2D eigenvalue weighted by Crippen LogP contribution is -2.36. The molecule has 0 fully saturated rings. The topological polar surface area (TPSA) is 80.9 Å². The molecule has 0 aliphatic carbocycles. The van der Waals surface area contributed by atoms with E-state index < -0.39 is 0 Å². The van der Waals surface area contributed by atoms with Crippen molar-refractivity contribution in [2.24, 2.45) is 4.99 Å². The molecule has 8 heteroatoms. The number of halogens is 1. The van der Waals surface area contributed by atoms with E-state index in [1.165, 1.54) is 0 Å². The highest BCUT2D eigenvalue weighted by Crippen LogP contribution is 2.22. The fourth-order valence-electron chi connectivity index (χ4n) is 2.43. The second-order valence-electron chi connectivity index (χ2n) is 5.91. The van der Waals surface area contributed by atoms with Crippen LogP contribution >= 0.6 is 24.0 Å². The quantitative estimate of drug-likeness (QED) is 0.268. The molecule has 0 saturated heterocycles. The zero-order chi connectivity index (χ0) is 19.6. The third-order valence-electron chi connectivity index (χ3n) is 3.85. The molecule has 154 valence electrons. The zero-order valence-electron chi connectivity index (χ0n) is 16.4. The van der Waals surface area contributed by atoms with E-state index in [1.54, 1.807) is 19.6 Å². The van der Waals surface area contributed by atoms with Gasteiger partial charge in [0.25, 0.3) is 0 Å². The molecule has 0 spiro atoms. The van der Waals surface area contributed by atoms with Crippen LogP contribution in [0.4, 0.5) is 0 Å². The van der Waals surface area contributed by atoms with Gasteiger partial charge >= 0.3 is 0 Å². The van der Waals surface area contributed by atoms with E-state index >= 15 is 0 Å². The van der Waals surface area contributed by atoms with E-state index in [2.05, 4.69) is 20.6 Å². The number of hydrogen-bond acceptors (Lipinski definition) is 5. The predicted molar refractivity (Wildman–Crippen MR) is 123 cm³/mol. The minimum absolute atomic E-state index is 0. The summed E-state index contributed by atoms with van der Waals surface area (Å²) in [5.74, 6) is 3.59. The first-order valence-electron chi connectivity index (χ1n) is 9.08. The molecule has 7 nitrogen and oxygen atoms in total. The third kappa shape index (κ3) is 7.30. The Hall–Kier alpha value is -2.75. The molecule has 29 heavy (non-hydrogen) atoms. The van der Waals surface area contributed by atoms with Crippen LogP contribution in [-0.4, -0.2) is 24.6 Å². The molecule has 0 bridgehead atoms. The zero-order valence-corrected chi connectivity index (χ0v) is 18.8. The minimum Gasteiger partial charge on any atom is -0.497 e. The van der Waals surface area contributed by atoms with Crippen molar-refractivity contribution >= 4 is 29.9 Å². The van der Waals surface area contributed by atoms with Gasteiger partial charge in [0.15, 0.2) is 5.96 Å². The van der Waals surface area contributed by atoms with Crippen molar-refractivity contribution < 1.29 is 13.9 Å². The van der Waals surface area contributed by atoms with Gasteiger partial charge in [0, 0.05) is 18.8 Å². The molecule has 2 aromatic heterocycles. The summed E-state index contributed by atoms with van der Waals surface area (Å²) < 4.78 is 16.2. The molecule has 0 aliphatic rings. The summed E-state index contributed by atoms with van der Waals surface area (Å²) in [6.07, 6.45) is 3.42. The number of benzene rings is 1. The Kier molecular flexibility index (Phi) is 9.29. The van der Waals surface area contributed by atoms with Gasteiger partial charge in [-0.3, -0.25) is 0 Å². The Morgan fingerprint density at radius 2 is 1.86 bits per heavy atom. The van der Waals surface area contributed by atoms with E-state index in [-0.39, 0.29) is 24.0 Å². The third-order valence-corrected chi connectivity index (χ3v) is 3.85. The largest absolute Gasteiger partial charge is 0.497 e. The van der Waals surface area contributed by atoms with Crippen LogP contribution < -0.4 is 20.1 Å². The van der Waals surface area contributed by atoms with Gasteiger partial charge in [-0.05, 0) is 48.9 Å². The summed E-state index contributed by atoms with van der Waals surface area (Å²) in [6.45, 7) is 3.88. The van der Waals surface area contributed by atoms with Gasteiger partial charge in [0.1, 0.15) is 17.3 Å². The smallest absolute Gasteiger partial charge is 0.219 e. The number of aliphatic imine (C=N–C) groups is 1. The summed E-state index contributed by atoms with van der Waals surface area (Å²) in [4.78, 5) is 8.92. The molecule has 0 radical (unpaired) electrons. The number of pyridine rings is 1. The fourth-order valence-corrected chi connectivity index (χ4v) is 2.43. The standard InChI is InChI=1S/C21H24N4O3.HI/c1-3-22-21(25-15-19-5-4-12-27-19)24-14-16-6-11-20(23-13-16)28-18-9-7-17(26-2)8-10-18;/h4-13H,3,14-15H2,1-2H3,(H2,22,24,25);1H. The van der Waals surface area contributed by atoms with Gasteiger partial charge < -0.3 is 24.5 Å². The Bertz CT molecular complexity index is 866. The summed E-state index contributed by atoms with van der Waals surface area (Å²) in [7, 11) is 1.63. The van der Waals surface area contributed by atoms with Crippen LogP contribution in [0.15, 0.2) is 70.4 Å². The molecule has 0 aliphatic heterocycles. The van der Waals surface area contributed by atoms with Crippen molar-refractivity contribution in [2.45, 2.75) is 20.0 Å². The minimum atomic E-state index is 0. The van der Waals surface area contributed by atoms with Gasteiger partial charge in [-0.1, -0.05) is 6.07 Å². The van der Waals surface area contributed by atoms with E-state index in [0.717, 1.165) is 29.6 Å². The van der Waals surface area contributed by atoms with Crippen LogP contribution in [0, 0.1) is 0 Å². The highest BCUT2D eigenvalue weighted by molar-refractivity contribution is 14.0. The van der Waals surface area contributed by atoms with E-state index in [1.807, 2.05) is 55.5 Å². The fraction of sp³-hybridized carbons (Fsp3) is 0.238. The molecular weight excluding hydrogens is 483 g/mol. The Morgan fingerprint density at radius 3 is 2.48 bits per heavy atom. The van der Waals surface area contributed by atoms with Gasteiger partial charge in [-0.25, -0.2) is 9.98 Å². The maximum Gasteiger partial charge on any atom is 0.219 e. The first kappa shape index (κ1) is 22.5. The Labute approximate surface area is 187 Å². The molecule has 2 heterocycles. The molecule has 3 rings (SSSR count). The lowest BCUT2D eigenvalue weighted by atomic mass is 10.3. The molecule has 0 saturated carbocycles. The molecule has 0 amide bonds. The second kappa shape index (κ2) is 11.9. The van der Waals surface area contributed by atoms with Crippen LogP contribution in [0.1, 0.15) is 18.2 Å². The molecule has 0 atom stereocenters. The van der Waals surface area contributed by atoms with Crippen molar-refractivity contribution in [3.63, 3.8) is 0 Å². The summed E-state index contributed by atoms with van der Waals surface area (Å²) in [5, 5.41) is 6.45. The average Bonchev–Trinajstić information content (AvgIpc) is 3.25. The predicted octanol–water partition coefficient (Wildman–Crippen LogP) is 4.35. The maximum absolute atomic E-state index is 5.74. The Balaban J connectivity index is 0.00000300. The van der Waals surface area contributed by atoms with Crippen LogP contribution in [0.25, 0.3) is 0 Å². The number of methoxy groups -OCH3 is 1. The van der Waals surface area contributed by atoms with Crippen molar-refractivity contribution in [1.82, 2.24) is 15.6 Å². The number of rotatable bonds is 8. The lowest BCUT2D eigenvalue weighted by Gasteiger charge is -2.10. The normalized spacial score (nSPS) is 10.8. The summed E-state index contributed by atoms with van der Waals surface area (Å²) in [5.41, 5.74) is 0.984. The van der Waals surface area contributed by atoms with E-state index in [9.17, 15) is 0 Å². The number of ether oxygens (including phenoxy) is 2. The van der Waals surface area contributed by atoms with Gasteiger partial charge in [0.2, 0.25) is 5.88 Å². The highest BCUT2D eigenvalue weighted by atomic mass is 127. The van der Waals surface area contributed by atoms with Gasteiger partial charge in [0.05, 0.1) is 26.5 Å². The van der Waals surface area contributed by atoms with Gasteiger partial charge in [-0.15, -0.1) is 24.0 Å². The number of hydrogen-bond donors (Lipinski definition) is 2. The molecule has 2 N–H and O–H groups in total. The number of aromatic nitrogens is 1. The van der Waals surface area contributed by atoms with Crippen molar-refractivity contribution in [3.05, 3.63) is 72.3 Å². The summed E-state index contributed by atoms with van der Waals surface area (Å²) in [6, 6.07) is 14.9. The Morgan fingerprint density at radius 1 is 1.07 bits per heavy atom. The second-order valence-corrected chi connectivity index (χ2v) is 5.91. The van der Waals surface area contributed by atoms with Crippen LogP contribution in [0.3, 0.4) is 0 Å². The first-order chi connectivity index (χ1) is 13.8. The highest BCUT2D eigenvalue weighted by Gasteiger charge is 2.02. The number of furan rings is 1. The molecule has 0 unspecified atom stereocenters. The average molecular weight is 508 g/mol. The van der Waals surface area contributed by atoms with Crippen LogP contribution in [0.5, 0.6) is 17.4 Å². The molecule has 1 aromatic carbocycles. The first-order valence-corrected chi connectivity index (χ1v) is 9.08. The monoisotopic (exact) mass is 508 g/mol. The lowest BCUT2D eigenvalue weighted by molar-refractivity contribution is 0.412. The molecule has 3 aromatic rings. The van der Waals surface area contributed by atoms with Crippen molar-refractivity contribution in [2.75, 3.05) is 13.7 Å².